The van der Waals surface area contributed by atoms with Crippen molar-refractivity contribution >= 4 is 54.6 Å². The average molecular weight is 806 g/mol. The quantitative estimate of drug-likeness (QED) is 0.123. The molecule has 8 nitrogen and oxygen atoms in total. The molecule has 0 saturated heterocycles. The Hall–Kier alpha value is -4.16. The van der Waals surface area contributed by atoms with Gasteiger partial charge in [-0.3, -0.25) is 0 Å². The first-order valence-electron chi connectivity index (χ1n) is 14.7. The van der Waals surface area contributed by atoms with Gasteiger partial charge in [-0.15, -0.1) is 0 Å². The minimum atomic E-state index is -5.59. The molecule has 4 rings (SSSR count). The van der Waals surface area contributed by atoms with E-state index in [1.54, 1.807) is 71.8 Å². The number of halogens is 8. The van der Waals surface area contributed by atoms with Gasteiger partial charge in [0.15, 0.2) is 11.4 Å². The maximum Gasteiger partial charge on any atom is 0.511 e. The third-order valence-electron chi connectivity index (χ3n) is 7.74. The van der Waals surface area contributed by atoms with Crippen LogP contribution in [-0.2, 0) is 20.0 Å². The molecule has 2 N–H and O–H groups in total. The first-order valence-corrected chi connectivity index (χ1v) is 18.5. The summed E-state index contributed by atoms with van der Waals surface area (Å²) >= 11 is 12.2. The molecule has 18 heteroatoms. The zero-order valence-corrected chi connectivity index (χ0v) is 30.1. The maximum absolute atomic E-state index is 12.9. The first-order chi connectivity index (χ1) is 24.1. The van der Waals surface area contributed by atoms with Crippen LogP contribution in [0.1, 0.15) is 60.0 Å². The van der Waals surface area contributed by atoms with Crippen LogP contribution in [0.3, 0.4) is 0 Å². The Balaban J connectivity index is 0.000000281. The summed E-state index contributed by atoms with van der Waals surface area (Å²) in [6, 6.07) is 22.0. The third-order valence-corrected chi connectivity index (χ3v) is 10.8. The fourth-order valence-electron chi connectivity index (χ4n) is 4.91. The van der Waals surface area contributed by atoms with Crippen LogP contribution in [0.15, 0.2) is 97.1 Å². The molecule has 4 aromatic carbocycles. The molecule has 0 heterocycles. The molecular weight excluding hydrogens is 777 g/mol. The van der Waals surface area contributed by atoms with E-state index >= 15 is 0 Å². The molecule has 52 heavy (non-hydrogen) atoms. The first kappa shape index (κ1) is 42.3. The van der Waals surface area contributed by atoms with Crippen LogP contribution in [0.25, 0.3) is 9.69 Å². The van der Waals surface area contributed by atoms with Crippen molar-refractivity contribution < 1.29 is 43.2 Å². The summed E-state index contributed by atoms with van der Waals surface area (Å²) in [5.41, 5.74) is -8.67. The number of nitrogens with one attached hydrogen (secondary N) is 2. The van der Waals surface area contributed by atoms with E-state index in [0.717, 1.165) is 0 Å². The van der Waals surface area contributed by atoms with Gasteiger partial charge in [-0.1, -0.05) is 122 Å². The van der Waals surface area contributed by atoms with Gasteiger partial charge in [0.25, 0.3) is 0 Å². The molecule has 0 aliphatic rings. The summed E-state index contributed by atoms with van der Waals surface area (Å²) < 4.78 is 127. The molecule has 0 spiro atoms. The summed E-state index contributed by atoms with van der Waals surface area (Å²) in [4.78, 5) is 6.46. The molecule has 276 valence electrons. The number of benzene rings is 4. The van der Waals surface area contributed by atoms with Gasteiger partial charge in [0, 0.05) is 21.9 Å². The molecule has 4 atom stereocenters. The molecule has 0 saturated carbocycles. The van der Waals surface area contributed by atoms with E-state index in [9.17, 15) is 43.2 Å². The van der Waals surface area contributed by atoms with E-state index in [2.05, 4.69) is 9.69 Å². The molecule has 0 aliphatic heterocycles. The fourth-order valence-corrected chi connectivity index (χ4v) is 7.08. The normalized spacial score (nSPS) is 14.5. The predicted octanol–water partition coefficient (Wildman–Crippen LogP) is 10.3. The summed E-state index contributed by atoms with van der Waals surface area (Å²) in [5, 5.41) is 0.467. The minimum Gasteiger partial charge on any atom is -0.238 e. The molecule has 0 fully saturated rings. The lowest BCUT2D eigenvalue weighted by atomic mass is 9.89. The van der Waals surface area contributed by atoms with E-state index in [1.165, 1.54) is 48.5 Å². The molecule has 0 aromatic heterocycles. The zero-order chi connectivity index (χ0) is 39.1. The lowest BCUT2D eigenvalue weighted by Crippen LogP contribution is -2.40. The highest BCUT2D eigenvalue weighted by atomic mass is 35.5. The molecule has 4 aromatic rings. The second kappa shape index (κ2) is 17.1. The molecule has 0 amide bonds. The molecule has 0 unspecified atom stereocenters. The van der Waals surface area contributed by atoms with Crippen molar-refractivity contribution in [3.05, 3.63) is 152 Å². The predicted molar refractivity (Wildman–Crippen MR) is 187 cm³/mol. The zero-order valence-electron chi connectivity index (χ0n) is 26.9. The van der Waals surface area contributed by atoms with Gasteiger partial charge in [-0.25, -0.2) is 26.5 Å². The number of sulfonamides is 2. The Morgan fingerprint density at radius 2 is 0.923 bits per heavy atom. The van der Waals surface area contributed by atoms with Crippen LogP contribution < -0.4 is 9.44 Å². The Bertz CT molecular complexity index is 2150. The average Bonchev–Trinajstić information content (AvgIpc) is 3.09. The van der Waals surface area contributed by atoms with Crippen molar-refractivity contribution in [3.63, 3.8) is 0 Å². The van der Waals surface area contributed by atoms with Gasteiger partial charge < -0.3 is 0 Å². The maximum atomic E-state index is 12.9. The van der Waals surface area contributed by atoms with Gasteiger partial charge in [0.2, 0.25) is 0 Å². The smallest absolute Gasteiger partial charge is 0.238 e. The third kappa shape index (κ3) is 10.5. The second-order valence-electron chi connectivity index (χ2n) is 11.1. The van der Waals surface area contributed by atoms with E-state index in [0.29, 0.717) is 21.8 Å². The second-order valence-corrected chi connectivity index (χ2v) is 15.3. The molecular formula is C34H28Cl2F6N4O4S2. The molecule has 0 aliphatic carbocycles. The summed E-state index contributed by atoms with van der Waals surface area (Å²) in [6.45, 7) is 17.1. The van der Waals surface area contributed by atoms with Gasteiger partial charge in [-0.05, 0) is 34.4 Å². The largest absolute Gasteiger partial charge is 0.511 e. The van der Waals surface area contributed by atoms with E-state index in [4.69, 9.17) is 36.3 Å². The van der Waals surface area contributed by atoms with Crippen molar-refractivity contribution in [2.24, 2.45) is 0 Å². The van der Waals surface area contributed by atoms with Crippen molar-refractivity contribution in [3.8, 4) is 0 Å². The van der Waals surface area contributed by atoms with Crippen LogP contribution in [-0.4, -0.2) is 27.9 Å². The standard InChI is InChI=1S/C18H14F3N3O2S.C16H14Cl2F3NO2S/c1-12(13-4-8-15(22-2)9-5-13)17(24-27(25,26)18(19,20)21)14-6-10-16(23-3)11-7-14;1-10(11-6-2-4-8-13(11)17)15(12-7-3-5-9-14(12)18)22-25(23,24)16(19,20)21/h4-12,17,24H,1H3;2-10,15,22H,1H3/t12-,17+;10-,15+/m11/s1. The van der Waals surface area contributed by atoms with Crippen molar-refractivity contribution in [2.75, 3.05) is 0 Å². The Kier molecular flexibility index (Phi) is 13.9. The Morgan fingerprint density at radius 1 is 0.558 bits per heavy atom. The van der Waals surface area contributed by atoms with E-state index in [1.807, 2.05) is 0 Å². The number of nitrogens with zero attached hydrogens (tertiary/aromatic N) is 2. The van der Waals surface area contributed by atoms with Crippen LogP contribution in [0.5, 0.6) is 0 Å². The summed E-state index contributed by atoms with van der Waals surface area (Å²) in [6.07, 6.45) is 0. The highest BCUT2D eigenvalue weighted by molar-refractivity contribution is 7.90. The monoisotopic (exact) mass is 804 g/mol. The lowest BCUT2D eigenvalue weighted by molar-refractivity contribution is -0.0457. The number of rotatable bonds is 10. The van der Waals surface area contributed by atoms with Gasteiger partial charge in [0.05, 0.1) is 25.2 Å². The molecule has 0 bridgehead atoms. The fraction of sp³-hybridized carbons (Fsp3) is 0.235. The number of hydrogen-bond acceptors (Lipinski definition) is 4. The van der Waals surface area contributed by atoms with Gasteiger partial charge in [-0.2, -0.15) is 35.8 Å². The van der Waals surface area contributed by atoms with Crippen molar-refractivity contribution in [1.29, 1.82) is 0 Å². The lowest BCUT2D eigenvalue weighted by Gasteiger charge is -2.27. The number of alkyl halides is 6. The number of hydrogen-bond donors (Lipinski definition) is 2. The van der Waals surface area contributed by atoms with Gasteiger partial charge >= 0.3 is 31.1 Å². The SMILES string of the molecule is C[C@H](c1ccccc1Cl)[C@H](NS(=O)(=O)C(F)(F)F)c1ccccc1Cl.[C-]#[N+]c1ccc([C@@H](C)[C@H](NS(=O)(=O)C(F)(F)F)c2ccc([N+]#[C-])cc2)cc1. The highest BCUT2D eigenvalue weighted by Crippen LogP contribution is 2.39. The van der Waals surface area contributed by atoms with Crippen LogP contribution in [0.4, 0.5) is 37.7 Å². The highest BCUT2D eigenvalue weighted by Gasteiger charge is 2.48. The van der Waals surface area contributed by atoms with Crippen LogP contribution in [0.2, 0.25) is 10.0 Å². The van der Waals surface area contributed by atoms with E-state index < -0.39 is 55.0 Å². The summed E-state index contributed by atoms with van der Waals surface area (Å²) in [7, 11) is -11.2. The topological polar surface area (TPSA) is 101 Å². The molecule has 0 radical (unpaired) electrons. The Morgan fingerprint density at radius 3 is 1.31 bits per heavy atom. The van der Waals surface area contributed by atoms with Crippen molar-refractivity contribution in [2.45, 2.75) is 48.8 Å². The minimum absolute atomic E-state index is 0.149. The van der Waals surface area contributed by atoms with Gasteiger partial charge in [0.1, 0.15) is 0 Å². The Labute approximate surface area is 307 Å². The van der Waals surface area contributed by atoms with E-state index in [-0.39, 0.29) is 21.8 Å². The van der Waals surface area contributed by atoms with Crippen LogP contribution >= 0.6 is 23.2 Å². The summed E-state index contributed by atoms with van der Waals surface area (Å²) in [5.74, 6) is -1.37. The van der Waals surface area contributed by atoms with Crippen molar-refractivity contribution in [1.82, 2.24) is 9.44 Å². The van der Waals surface area contributed by atoms with Crippen LogP contribution in [0, 0.1) is 13.1 Å².